The summed E-state index contributed by atoms with van der Waals surface area (Å²) in [6.45, 7) is 3.28. The van der Waals surface area contributed by atoms with Crippen LogP contribution < -0.4 is 4.72 Å². The molecule has 110 valence electrons. The van der Waals surface area contributed by atoms with Crippen LogP contribution >= 0.6 is 11.3 Å². The number of nitrogens with one attached hydrogen (secondary N) is 1. The van der Waals surface area contributed by atoms with E-state index in [1.165, 1.54) is 17.5 Å². The van der Waals surface area contributed by atoms with Gasteiger partial charge >= 0.3 is 0 Å². The van der Waals surface area contributed by atoms with E-state index in [0.717, 1.165) is 4.88 Å². The van der Waals surface area contributed by atoms with E-state index in [4.69, 9.17) is 0 Å². The second-order valence-electron chi connectivity index (χ2n) is 4.87. The van der Waals surface area contributed by atoms with Gasteiger partial charge in [0.15, 0.2) is 0 Å². The number of sulfonamides is 1. The highest BCUT2D eigenvalue weighted by atomic mass is 32.2. The van der Waals surface area contributed by atoms with Crippen molar-refractivity contribution >= 4 is 21.4 Å². The maximum atomic E-state index is 12.1. The van der Waals surface area contributed by atoms with E-state index in [1.54, 1.807) is 37.0 Å². The molecule has 0 amide bonds. The van der Waals surface area contributed by atoms with Crippen molar-refractivity contribution in [3.05, 3.63) is 35.0 Å². The summed E-state index contributed by atoms with van der Waals surface area (Å²) in [6, 6.07) is 3.31. The molecule has 0 radical (unpaired) electrons. The van der Waals surface area contributed by atoms with Crippen molar-refractivity contribution in [1.82, 2.24) is 14.5 Å². The Kier molecular flexibility index (Phi) is 4.01. The first-order chi connectivity index (χ1) is 9.21. The molecule has 0 spiro atoms. The van der Waals surface area contributed by atoms with Gasteiger partial charge in [-0.25, -0.2) is 13.1 Å². The Morgan fingerprint density at radius 3 is 2.70 bits per heavy atom. The number of aryl methyl sites for hydroxylation is 2. The van der Waals surface area contributed by atoms with E-state index in [-0.39, 0.29) is 10.8 Å². The molecule has 0 fully saturated rings. The molecule has 1 atom stereocenters. The normalized spacial score (nSPS) is 15.2. The average Bonchev–Trinajstić information content (AvgIpc) is 2.96. The van der Waals surface area contributed by atoms with Gasteiger partial charge in [-0.1, -0.05) is 0 Å². The lowest BCUT2D eigenvalue weighted by molar-refractivity contribution is 0.0627. The Bertz CT molecular complexity index is 701. The van der Waals surface area contributed by atoms with Crippen molar-refractivity contribution < 1.29 is 13.5 Å². The summed E-state index contributed by atoms with van der Waals surface area (Å²) >= 11 is 1.20. The molecule has 0 aromatic carbocycles. The number of aliphatic hydroxyl groups is 1. The van der Waals surface area contributed by atoms with Crippen LogP contribution in [-0.4, -0.2) is 29.8 Å². The van der Waals surface area contributed by atoms with Gasteiger partial charge in [-0.3, -0.25) is 4.68 Å². The summed E-state index contributed by atoms with van der Waals surface area (Å²) in [5, 5.41) is 14.3. The number of hydrogen-bond donors (Lipinski definition) is 2. The van der Waals surface area contributed by atoms with Gasteiger partial charge < -0.3 is 5.11 Å². The number of hydrogen-bond acceptors (Lipinski definition) is 5. The highest BCUT2D eigenvalue weighted by Crippen LogP contribution is 2.23. The number of nitrogens with zero attached hydrogens (tertiary/aromatic N) is 2. The maximum absolute atomic E-state index is 12.1. The topological polar surface area (TPSA) is 84.2 Å². The zero-order valence-corrected chi connectivity index (χ0v) is 13.1. The molecule has 2 heterocycles. The Morgan fingerprint density at radius 1 is 1.50 bits per heavy atom. The summed E-state index contributed by atoms with van der Waals surface area (Å²) in [6.07, 6.45) is 3.17. The van der Waals surface area contributed by atoms with E-state index in [2.05, 4.69) is 9.82 Å². The fraction of sp³-hybridized carbons (Fsp3) is 0.417. The molecule has 0 aliphatic heterocycles. The van der Waals surface area contributed by atoms with Gasteiger partial charge in [-0.15, -0.1) is 11.3 Å². The first-order valence-electron chi connectivity index (χ1n) is 5.98. The Hall–Kier alpha value is -1.22. The third kappa shape index (κ3) is 3.26. The molecule has 20 heavy (non-hydrogen) atoms. The van der Waals surface area contributed by atoms with Gasteiger partial charge in [0, 0.05) is 30.2 Å². The number of aromatic nitrogens is 2. The van der Waals surface area contributed by atoms with Crippen LogP contribution in [-0.2, 0) is 22.7 Å². The molecule has 2 aromatic rings. The van der Waals surface area contributed by atoms with Crippen LogP contribution in [0.5, 0.6) is 0 Å². The van der Waals surface area contributed by atoms with Crippen LogP contribution in [0.4, 0.5) is 0 Å². The maximum Gasteiger partial charge on any atom is 0.250 e. The predicted molar refractivity (Wildman–Crippen MR) is 77.0 cm³/mol. The minimum Gasteiger partial charge on any atom is -0.384 e. The Balaban J connectivity index is 2.11. The SMILES string of the molecule is Cc1ccc(S(=O)(=O)NC[C@](C)(O)c2cnn(C)c2)s1. The molecule has 0 aliphatic rings. The van der Waals surface area contributed by atoms with Gasteiger partial charge in [0.25, 0.3) is 0 Å². The molecular formula is C12H17N3O3S2. The van der Waals surface area contributed by atoms with Crippen molar-refractivity contribution in [1.29, 1.82) is 0 Å². The van der Waals surface area contributed by atoms with Crippen molar-refractivity contribution in [2.45, 2.75) is 23.7 Å². The molecular weight excluding hydrogens is 298 g/mol. The van der Waals surface area contributed by atoms with Crippen molar-refractivity contribution in [2.75, 3.05) is 6.54 Å². The zero-order valence-electron chi connectivity index (χ0n) is 11.5. The third-order valence-electron chi connectivity index (χ3n) is 2.91. The summed E-state index contributed by atoms with van der Waals surface area (Å²) in [5.41, 5.74) is -0.752. The molecule has 0 unspecified atom stereocenters. The predicted octanol–water partition coefficient (Wildman–Crippen LogP) is 0.976. The summed E-state index contributed by atoms with van der Waals surface area (Å²) in [4.78, 5) is 0.921. The first-order valence-corrected chi connectivity index (χ1v) is 8.28. The zero-order chi connectivity index (χ0) is 15.0. The Morgan fingerprint density at radius 2 is 2.20 bits per heavy atom. The lowest BCUT2D eigenvalue weighted by Crippen LogP contribution is -2.38. The largest absolute Gasteiger partial charge is 0.384 e. The van der Waals surface area contributed by atoms with Crippen LogP contribution in [0, 0.1) is 6.92 Å². The summed E-state index contributed by atoms with van der Waals surface area (Å²) < 4.78 is 28.4. The smallest absolute Gasteiger partial charge is 0.250 e. The molecule has 2 aromatic heterocycles. The Labute approximate surface area is 122 Å². The molecule has 2 N–H and O–H groups in total. The van der Waals surface area contributed by atoms with Crippen molar-refractivity contribution in [3.63, 3.8) is 0 Å². The minimum absolute atomic E-state index is 0.113. The van der Waals surface area contributed by atoms with Gasteiger partial charge in [-0.2, -0.15) is 5.10 Å². The number of thiophene rings is 1. The van der Waals surface area contributed by atoms with Gasteiger partial charge in [0.05, 0.1) is 6.20 Å². The molecule has 0 saturated heterocycles. The molecule has 0 saturated carbocycles. The second-order valence-corrected chi connectivity index (χ2v) is 8.15. The standard InChI is InChI=1S/C12H17N3O3S2/c1-9-4-5-11(19-9)20(17,18)14-8-12(2,16)10-6-13-15(3)7-10/h4-7,14,16H,8H2,1-3H3/t12-/m0/s1. The highest BCUT2D eigenvalue weighted by molar-refractivity contribution is 7.91. The van der Waals surface area contributed by atoms with E-state index < -0.39 is 15.6 Å². The van der Waals surface area contributed by atoms with Crippen LogP contribution in [0.1, 0.15) is 17.4 Å². The van der Waals surface area contributed by atoms with E-state index in [1.807, 2.05) is 6.92 Å². The van der Waals surface area contributed by atoms with Crippen LogP contribution in [0.3, 0.4) is 0 Å². The van der Waals surface area contributed by atoms with Gasteiger partial charge in [-0.05, 0) is 26.0 Å². The molecule has 0 bridgehead atoms. The average molecular weight is 315 g/mol. The van der Waals surface area contributed by atoms with E-state index in [0.29, 0.717) is 5.56 Å². The summed E-state index contributed by atoms with van der Waals surface area (Å²) in [7, 11) is -1.86. The first kappa shape index (κ1) is 15.2. The molecule has 0 aliphatic carbocycles. The van der Waals surface area contributed by atoms with Gasteiger partial charge in [0.1, 0.15) is 9.81 Å². The van der Waals surface area contributed by atoms with Crippen LogP contribution in [0.15, 0.2) is 28.7 Å². The lowest BCUT2D eigenvalue weighted by Gasteiger charge is -2.21. The molecule has 2 rings (SSSR count). The number of rotatable bonds is 5. The molecule has 8 heteroatoms. The monoisotopic (exact) mass is 315 g/mol. The quantitative estimate of drug-likeness (QED) is 0.861. The summed E-state index contributed by atoms with van der Waals surface area (Å²) in [5.74, 6) is 0. The van der Waals surface area contributed by atoms with Crippen LogP contribution in [0.25, 0.3) is 0 Å². The van der Waals surface area contributed by atoms with Crippen molar-refractivity contribution in [3.8, 4) is 0 Å². The third-order valence-corrected chi connectivity index (χ3v) is 5.81. The highest BCUT2D eigenvalue weighted by Gasteiger charge is 2.27. The fourth-order valence-electron chi connectivity index (χ4n) is 1.66. The minimum atomic E-state index is -3.59. The lowest BCUT2D eigenvalue weighted by atomic mass is 10.0. The van der Waals surface area contributed by atoms with Crippen LogP contribution in [0.2, 0.25) is 0 Å². The van der Waals surface area contributed by atoms with E-state index >= 15 is 0 Å². The molecule has 6 nitrogen and oxygen atoms in total. The fourth-order valence-corrected chi connectivity index (χ4v) is 4.12. The van der Waals surface area contributed by atoms with E-state index in [9.17, 15) is 13.5 Å². The van der Waals surface area contributed by atoms with Gasteiger partial charge in [0.2, 0.25) is 10.0 Å². The second kappa shape index (κ2) is 5.28. The van der Waals surface area contributed by atoms with Crippen molar-refractivity contribution in [2.24, 2.45) is 7.05 Å².